The molecule has 0 radical (unpaired) electrons. The smallest absolute Gasteiger partial charge is 0.230 e. The summed E-state index contributed by atoms with van der Waals surface area (Å²) in [6, 6.07) is 38.3. The minimum absolute atomic E-state index is 0. The summed E-state index contributed by atoms with van der Waals surface area (Å²) in [5.74, 6) is 0.515. The Labute approximate surface area is 271 Å². The number of oxazole rings is 1. The Morgan fingerprint density at radius 3 is 2.16 bits per heavy atom. The Morgan fingerprint density at radius 2 is 1.41 bits per heavy atom. The Bertz CT molecular complexity index is 2160. The number of fused-ring (bicyclic) bond motifs is 2. The van der Waals surface area contributed by atoms with Crippen molar-refractivity contribution < 1.29 is 30.6 Å². The molecule has 2 aromatic heterocycles. The van der Waals surface area contributed by atoms with Crippen molar-refractivity contribution in [3.63, 3.8) is 0 Å². The molecule has 0 atom stereocenters. The third kappa shape index (κ3) is 5.35. The molecule has 0 saturated carbocycles. The van der Waals surface area contributed by atoms with Crippen molar-refractivity contribution in [1.29, 1.82) is 0 Å². The van der Waals surface area contributed by atoms with Gasteiger partial charge in [-0.3, -0.25) is 4.98 Å². The van der Waals surface area contributed by atoms with Gasteiger partial charge in [0.2, 0.25) is 5.89 Å². The molecule has 0 aliphatic rings. The third-order valence-electron chi connectivity index (χ3n) is 8.03. The molecule has 0 amide bonds. The minimum Gasteiger partial charge on any atom is -0.507 e. The Hall–Kier alpha value is -4.53. The van der Waals surface area contributed by atoms with E-state index in [4.69, 9.17) is 14.4 Å². The van der Waals surface area contributed by atoms with Crippen LogP contribution in [0.4, 0.5) is 0 Å². The van der Waals surface area contributed by atoms with Crippen molar-refractivity contribution in [3.8, 4) is 50.6 Å². The molecular formula is C39H31N2O2Pt-. The van der Waals surface area contributed by atoms with Crippen molar-refractivity contribution >= 4 is 22.0 Å². The van der Waals surface area contributed by atoms with Crippen molar-refractivity contribution in [1.82, 2.24) is 9.97 Å². The molecule has 0 spiro atoms. The van der Waals surface area contributed by atoms with Gasteiger partial charge in [0, 0.05) is 32.8 Å². The number of para-hydroxylation sites is 2. The van der Waals surface area contributed by atoms with Gasteiger partial charge in [-0.05, 0) is 64.7 Å². The maximum Gasteiger partial charge on any atom is 0.230 e. The number of phenols is 1. The third-order valence-corrected chi connectivity index (χ3v) is 8.03. The Morgan fingerprint density at radius 1 is 0.705 bits per heavy atom. The van der Waals surface area contributed by atoms with Crippen LogP contribution < -0.4 is 0 Å². The zero-order valence-electron chi connectivity index (χ0n) is 25.0. The van der Waals surface area contributed by atoms with Gasteiger partial charge in [0.25, 0.3) is 0 Å². The van der Waals surface area contributed by atoms with Crippen LogP contribution in [0.15, 0.2) is 114 Å². The second-order valence-electron chi connectivity index (χ2n) is 12.0. The molecule has 5 aromatic carbocycles. The summed E-state index contributed by atoms with van der Waals surface area (Å²) in [5.41, 5.74) is 11.4. The van der Waals surface area contributed by atoms with Crippen LogP contribution in [0.1, 0.15) is 31.9 Å². The molecule has 220 valence electrons. The zero-order chi connectivity index (χ0) is 29.7. The molecule has 44 heavy (non-hydrogen) atoms. The van der Waals surface area contributed by atoms with Crippen LogP contribution in [0.5, 0.6) is 5.75 Å². The Kier molecular flexibility index (Phi) is 7.73. The van der Waals surface area contributed by atoms with Crippen LogP contribution in [0, 0.1) is 13.0 Å². The van der Waals surface area contributed by atoms with Gasteiger partial charge in [-0.25, -0.2) is 4.98 Å². The molecule has 7 rings (SSSR count). The van der Waals surface area contributed by atoms with Crippen LogP contribution >= 0.6 is 0 Å². The van der Waals surface area contributed by atoms with Gasteiger partial charge in [-0.1, -0.05) is 92.6 Å². The van der Waals surface area contributed by atoms with E-state index in [1.165, 1.54) is 16.7 Å². The van der Waals surface area contributed by atoms with Gasteiger partial charge in [0.1, 0.15) is 11.3 Å². The molecule has 0 bridgehead atoms. The van der Waals surface area contributed by atoms with Gasteiger partial charge in [-0.15, -0.1) is 34.9 Å². The van der Waals surface area contributed by atoms with Crippen molar-refractivity contribution in [3.05, 3.63) is 127 Å². The van der Waals surface area contributed by atoms with Gasteiger partial charge in [0.15, 0.2) is 0 Å². The molecule has 0 aliphatic carbocycles. The van der Waals surface area contributed by atoms with E-state index < -0.39 is 0 Å². The topological polar surface area (TPSA) is 59.2 Å². The van der Waals surface area contributed by atoms with Crippen LogP contribution in [0.3, 0.4) is 0 Å². The summed E-state index contributed by atoms with van der Waals surface area (Å²) >= 11 is 0. The molecule has 1 N–H and O–H groups in total. The largest absolute Gasteiger partial charge is 0.507 e. The SMILES string of the molecule is Cc1ccccc1-c1cc(-c2[c-]c(-c3cccc4oc(-c5ccccc5O)nc34)cc(C(C)(C)C)c2)c2ncccc2c1.[Pt]. The standard InChI is InChI=1S/C39H31N2O2.Pt/c1-24-11-5-6-13-30(24)28-19-25-12-10-18-40-36(25)33(23-28)27-20-26(21-29(22-27)39(2,3)4)31-15-9-17-35-37(31)41-38(43-35)32-14-7-8-16-34(32)42;/h5-19,21-23,42H,1-4H3;/q-1;. The van der Waals surface area contributed by atoms with Crippen LogP contribution in [0.25, 0.3) is 66.8 Å². The average molecular weight is 755 g/mol. The first kappa shape index (κ1) is 29.5. The molecule has 0 fully saturated rings. The fourth-order valence-electron chi connectivity index (χ4n) is 5.68. The first-order valence-corrected chi connectivity index (χ1v) is 14.5. The number of pyridine rings is 1. The number of phenolic OH excluding ortho intramolecular Hbond substituents is 1. The number of benzene rings is 5. The molecule has 7 aromatic rings. The molecular weight excluding hydrogens is 724 g/mol. The van der Waals surface area contributed by atoms with Gasteiger partial charge in [-0.2, -0.15) is 0 Å². The maximum atomic E-state index is 10.5. The molecule has 2 heterocycles. The van der Waals surface area contributed by atoms with E-state index in [-0.39, 0.29) is 32.2 Å². The fraction of sp³-hybridized carbons (Fsp3) is 0.128. The second-order valence-corrected chi connectivity index (χ2v) is 12.0. The summed E-state index contributed by atoms with van der Waals surface area (Å²) in [4.78, 5) is 9.70. The summed E-state index contributed by atoms with van der Waals surface area (Å²) in [6.45, 7) is 8.82. The number of aryl methyl sites for hydroxylation is 1. The predicted molar refractivity (Wildman–Crippen MR) is 175 cm³/mol. The van der Waals surface area contributed by atoms with Crippen molar-refractivity contribution in [2.45, 2.75) is 33.1 Å². The van der Waals surface area contributed by atoms with Crippen molar-refractivity contribution in [2.24, 2.45) is 0 Å². The number of hydrogen-bond donors (Lipinski definition) is 1. The molecule has 0 saturated heterocycles. The number of nitrogens with zero attached hydrogens (tertiary/aromatic N) is 2. The normalized spacial score (nSPS) is 11.5. The van der Waals surface area contributed by atoms with E-state index in [0.717, 1.165) is 44.2 Å². The number of aromatic hydroxyl groups is 1. The van der Waals surface area contributed by atoms with Crippen molar-refractivity contribution in [2.75, 3.05) is 0 Å². The van der Waals surface area contributed by atoms with Gasteiger partial charge in [0.05, 0.1) is 11.1 Å². The summed E-state index contributed by atoms with van der Waals surface area (Å²) in [6.07, 6.45) is 1.85. The van der Waals surface area contributed by atoms with Crippen LogP contribution in [-0.2, 0) is 26.5 Å². The molecule has 0 aliphatic heterocycles. The number of aromatic nitrogens is 2. The molecule has 5 heteroatoms. The second kappa shape index (κ2) is 11.5. The predicted octanol–water partition coefficient (Wildman–Crippen LogP) is 10.2. The minimum atomic E-state index is -0.117. The molecule has 0 unspecified atom stereocenters. The first-order chi connectivity index (χ1) is 20.8. The quantitative estimate of drug-likeness (QED) is 0.182. The van der Waals surface area contributed by atoms with Gasteiger partial charge >= 0.3 is 0 Å². The summed E-state index contributed by atoms with van der Waals surface area (Å²) in [7, 11) is 0. The molecule has 4 nitrogen and oxygen atoms in total. The summed E-state index contributed by atoms with van der Waals surface area (Å²) in [5, 5.41) is 11.5. The van der Waals surface area contributed by atoms with Gasteiger partial charge < -0.3 is 9.52 Å². The van der Waals surface area contributed by atoms with E-state index in [0.29, 0.717) is 17.0 Å². The fourth-order valence-corrected chi connectivity index (χ4v) is 5.68. The van der Waals surface area contributed by atoms with E-state index in [1.54, 1.807) is 12.1 Å². The summed E-state index contributed by atoms with van der Waals surface area (Å²) < 4.78 is 6.15. The first-order valence-electron chi connectivity index (χ1n) is 14.5. The van der Waals surface area contributed by atoms with E-state index in [9.17, 15) is 5.11 Å². The zero-order valence-corrected chi connectivity index (χ0v) is 27.2. The van der Waals surface area contributed by atoms with E-state index >= 15 is 0 Å². The monoisotopic (exact) mass is 754 g/mol. The average Bonchev–Trinajstić information content (AvgIpc) is 3.45. The van der Waals surface area contributed by atoms with E-state index in [1.807, 2.05) is 36.5 Å². The van der Waals surface area contributed by atoms with E-state index in [2.05, 4.69) is 94.4 Å². The van der Waals surface area contributed by atoms with Crippen LogP contribution in [-0.4, -0.2) is 15.1 Å². The number of rotatable bonds is 4. The van der Waals surface area contributed by atoms with Crippen LogP contribution in [0.2, 0.25) is 0 Å². The Balaban J connectivity index is 0.00000343. The number of hydrogen-bond acceptors (Lipinski definition) is 4. The maximum absolute atomic E-state index is 10.5.